The van der Waals surface area contributed by atoms with Gasteiger partial charge in [-0.25, -0.2) is 0 Å². The van der Waals surface area contributed by atoms with Crippen LogP contribution in [0.25, 0.3) is 0 Å². The molecule has 0 saturated heterocycles. The van der Waals surface area contributed by atoms with Crippen molar-refractivity contribution >= 4 is 12.4 Å². The van der Waals surface area contributed by atoms with Gasteiger partial charge in [-0.2, -0.15) is 0 Å². The van der Waals surface area contributed by atoms with Crippen LogP contribution in [0.15, 0.2) is 0 Å². The first kappa shape index (κ1) is 15.7. The second-order valence-corrected chi connectivity index (χ2v) is 2.11. The Kier molecular flexibility index (Phi) is 12.1. The zero-order valence-electron chi connectivity index (χ0n) is 5.32. The quantitative estimate of drug-likeness (QED) is 0.336. The second-order valence-electron chi connectivity index (χ2n) is 2.11. The van der Waals surface area contributed by atoms with Gasteiger partial charge >= 0.3 is 29.6 Å². The molecule has 0 radical (unpaired) electrons. The molecule has 0 aliphatic heterocycles. The second kappa shape index (κ2) is 5.39. The van der Waals surface area contributed by atoms with Crippen LogP contribution in [0.4, 0.5) is 0 Å². The van der Waals surface area contributed by atoms with Gasteiger partial charge in [-0.05, 0) is 0 Å². The minimum absolute atomic E-state index is 0. The Morgan fingerprint density at radius 3 is 1.14 bits per heavy atom. The van der Waals surface area contributed by atoms with Gasteiger partial charge in [-0.15, -0.1) is 18.0 Å². The predicted molar refractivity (Wildman–Crippen MR) is 27.0 cm³/mol. The first-order valence-corrected chi connectivity index (χ1v) is 1.70. The van der Waals surface area contributed by atoms with E-state index in [4.69, 9.17) is 0 Å². The molecular weight excluding hydrogens is 122 g/mol. The molecule has 0 spiro atoms. The maximum absolute atomic E-state index is 10.1. The van der Waals surface area contributed by atoms with Crippen LogP contribution in [0.5, 0.6) is 0 Å². The first-order chi connectivity index (χ1) is 2.00. The molecule has 0 aromatic rings. The van der Waals surface area contributed by atoms with E-state index in [9.17, 15) is 5.11 Å². The van der Waals surface area contributed by atoms with Gasteiger partial charge < -0.3 is 5.11 Å². The number of hydrogen-bond acceptors (Lipinski definition) is 1. The van der Waals surface area contributed by atoms with Crippen molar-refractivity contribution in [1.82, 2.24) is 0 Å². The molecule has 0 heterocycles. The van der Waals surface area contributed by atoms with Crippen LogP contribution in [0.3, 0.4) is 0 Å². The summed E-state index contributed by atoms with van der Waals surface area (Å²) in [5.74, 6) is 0. The maximum atomic E-state index is 10.1. The third kappa shape index (κ3) is 128. The number of hydrogen-bond donors (Lipinski definition) is 0. The first-order valence-electron chi connectivity index (χ1n) is 1.70. The summed E-state index contributed by atoms with van der Waals surface area (Å²) in [6.07, 6.45) is 0. The Bertz CT molecular complexity index is 27.2. The standard InChI is InChI=1S/C4H9O.ClH.Na/c1-4(2,3)5;;/h1-3H3;1H;/q-1;;+1. The zero-order chi connectivity index (χ0) is 4.50. The molecule has 0 unspecified atom stereocenters. The fourth-order valence-electron chi connectivity index (χ4n) is 0. The van der Waals surface area contributed by atoms with Gasteiger partial charge in [0.1, 0.15) is 0 Å². The summed E-state index contributed by atoms with van der Waals surface area (Å²) < 4.78 is 0. The van der Waals surface area contributed by atoms with Gasteiger partial charge in [0.15, 0.2) is 0 Å². The van der Waals surface area contributed by atoms with Gasteiger partial charge in [0.2, 0.25) is 0 Å². The number of rotatable bonds is 0. The summed E-state index contributed by atoms with van der Waals surface area (Å²) in [6.45, 7) is 4.90. The van der Waals surface area contributed by atoms with Crippen molar-refractivity contribution in [3.05, 3.63) is 0 Å². The normalized spacial score (nSPS) is 8.57. The van der Waals surface area contributed by atoms with Crippen LogP contribution in [-0.2, 0) is 0 Å². The average Bonchev–Trinajstić information content (AvgIpc) is 0.722. The minimum atomic E-state index is -0.750. The summed E-state index contributed by atoms with van der Waals surface area (Å²) in [7, 11) is 0. The Balaban J connectivity index is -0.0000000800. The van der Waals surface area contributed by atoms with Gasteiger partial charge in [0, 0.05) is 0 Å². The van der Waals surface area contributed by atoms with Crippen molar-refractivity contribution < 1.29 is 34.7 Å². The van der Waals surface area contributed by atoms with Crippen molar-refractivity contribution in [2.24, 2.45) is 0 Å². The van der Waals surface area contributed by atoms with E-state index in [1.165, 1.54) is 0 Å². The van der Waals surface area contributed by atoms with Crippen LogP contribution in [0.1, 0.15) is 20.8 Å². The molecule has 1 nitrogen and oxygen atoms in total. The minimum Gasteiger partial charge on any atom is -0.850 e. The Morgan fingerprint density at radius 1 is 1.14 bits per heavy atom. The fourth-order valence-corrected chi connectivity index (χ4v) is 0. The molecular formula is C4H10ClNaO. The Hall–Kier alpha value is 1.25. The summed E-state index contributed by atoms with van der Waals surface area (Å²) in [4.78, 5) is 0. The molecule has 0 amide bonds. The van der Waals surface area contributed by atoms with Crippen LogP contribution in [0.2, 0.25) is 0 Å². The van der Waals surface area contributed by atoms with Crippen LogP contribution in [-0.4, -0.2) is 5.60 Å². The van der Waals surface area contributed by atoms with E-state index < -0.39 is 5.60 Å². The smallest absolute Gasteiger partial charge is 0.850 e. The molecule has 0 fully saturated rings. The van der Waals surface area contributed by atoms with E-state index in [2.05, 4.69) is 0 Å². The molecule has 0 atom stereocenters. The monoisotopic (exact) mass is 132 g/mol. The van der Waals surface area contributed by atoms with E-state index in [1.54, 1.807) is 20.8 Å². The molecule has 0 bridgehead atoms. The van der Waals surface area contributed by atoms with Gasteiger partial charge in [-0.1, -0.05) is 20.8 Å². The summed E-state index contributed by atoms with van der Waals surface area (Å²) in [5.41, 5.74) is -0.750. The molecule has 0 aliphatic carbocycles. The fraction of sp³-hybridized carbons (Fsp3) is 1.00. The average molecular weight is 133 g/mol. The molecule has 0 aromatic heterocycles. The van der Waals surface area contributed by atoms with E-state index in [0.717, 1.165) is 0 Å². The van der Waals surface area contributed by atoms with Crippen LogP contribution >= 0.6 is 12.4 Å². The van der Waals surface area contributed by atoms with Gasteiger partial charge in [0.25, 0.3) is 0 Å². The number of halogens is 1. The van der Waals surface area contributed by atoms with E-state index in [1.807, 2.05) is 0 Å². The zero-order valence-corrected chi connectivity index (χ0v) is 8.13. The van der Waals surface area contributed by atoms with Crippen molar-refractivity contribution in [2.75, 3.05) is 0 Å². The topological polar surface area (TPSA) is 23.1 Å². The van der Waals surface area contributed by atoms with Gasteiger partial charge in [0.05, 0.1) is 0 Å². The SMILES string of the molecule is CC(C)(C)[O-].Cl.[Na+]. The summed E-state index contributed by atoms with van der Waals surface area (Å²) in [6, 6.07) is 0. The predicted octanol–water partition coefficient (Wildman–Crippen LogP) is -2.43. The molecule has 0 N–H and O–H groups in total. The molecule has 0 aromatic carbocycles. The Morgan fingerprint density at radius 2 is 1.14 bits per heavy atom. The summed E-state index contributed by atoms with van der Waals surface area (Å²) >= 11 is 0. The van der Waals surface area contributed by atoms with E-state index >= 15 is 0 Å². The van der Waals surface area contributed by atoms with Crippen molar-refractivity contribution in [3.63, 3.8) is 0 Å². The van der Waals surface area contributed by atoms with Crippen LogP contribution in [0, 0.1) is 0 Å². The molecule has 7 heavy (non-hydrogen) atoms. The maximum Gasteiger partial charge on any atom is 1.00 e. The Labute approximate surface area is 73.2 Å². The third-order valence-corrected chi connectivity index (χ3v) is 0. The largest absolute Gasteiger partial charge is 1.00 e. The van der Waals surface area contributed by atoms with Crippen molar-refractivity contribution in [2.45, 2.75) is 26.4 Å². The summed E-state index contributed by atoms with van der Waals surface area (Å²) in [5, 5.41) is 10.1. The molecule has 0 rings (SSSR count). The van der Waals surface area contributed by atoms with Gasteiger partial charge in [-0.3, -0.25) is 0 Å². The van der Waals surface area contributed by atoms with Crippen LogP contribution < -0.4 is 34.7 Å². The molecule has 0 aliphatic rings. The van der Waals surface area contributed by atoms with Crippen molar-refractivity contribution in [3.8, 4) is 0 Å². The van der Waals surface area contributed by atoms with E-state index in [-0.39, 0.29) is 42.0 Å². The molecule has 0 saturated carbocycles. The van der Waals surface area contributed by atoms with E-state index in [0.29, 0.717) is 0 Å². The third-order valence-electron chi connectivity index (χ3n) is 0. The molecule has 40 valence electrons. The van der Waals surface area contributed by atoms with Crippen molar-refractivity contribution in [1.29, 1.82) is 0 Å². The molecule has 3 heteroatoms.